The van der Waals surface area contributed by atoms with E-state index in [1.807, 2.05) is 17.5 Å². The van der Waals surface area contributed by atoms with Gasteiger partial charge in [0.05, 0.1) is 26.2 Å². The Morgan fingerprint density at radius 1 is 1.53 bits per heavy atom. The monoisotopic (exact) mass is 297 g/mol. The van der Waals surface area contributed by atoms with Crippen LogP contribution in [0.4, 0.5) is 0 Å². The third kappa shape index (κ3) is 4.52. The zero-order valence-corrected chi connectivity index (χ0v) is 13.8. The van der Waals surface area contributed by atoms with Gasteiger partial charge in [-0.2, -0.15) is 0 Å². The lowest BCUT2D eigenvalue weighted by Crippen LogP contribution is -2.52. The molecule has 1 saturated heterocycles. The number of thiophene rings is 1. The first-order valence-corrected chi connectivity index (χ1v) is 11.4. The van der Waals surface area contributed by atoms with Crippen LogP contribution in [0.15, 0.2) is 17.5 Å². The van der Waals surface area contributed by atoms with Crippen LogP contribution in [0.1, 0.15) is 16.1 Å². The maximum Gasteiger partial charge on any atom is 0.174 e. The number of nitrogens with zero attached hydrogens (tertiary/aromatic N) is 1. The van der Waals surface area contributed by atoms with Crippen LogP contribution < -0.4 is 0 Å². The molecule has 1 unspecified atom stereocenters. The van der Waals surface area contributed by atoms with E-state index in [1.165, 1.54) is 11.3 Å². The largest absolute Gasteiger partial charge is 0.378 e. The maximum atomic E-state index is 12.2. The minimum absolute atomic E-state index is 0.256. The Hall–Kier alpha value is -0.493. The Kier molecular flexibility index (Phi) is 4.95. The second-order valence-electron chi connectivity index (χ2n) is 6.36. The van der Waals surface area contributed by atoms with Crippen LogP contribution in [0, 0.1) is 0 Å². The van der Waals surface area contributed by atoms with Crippen molar-refractivity contribution in [2.45, 2.75) is 32.1 Å². The first-order valence-electron chi connectivity index (χ1n) is 6.84. The van der Waals surface area contributed by atoms with Crippen molar-refractivity contribution in [3.8, 4) is 0 Å². The molecule has 1 aliphatic rings. The molecular formula is C14H23NO2SSi. The molecule has 1 aliphatic heterocycles. The molecule has 1 aromatic heterocycles. The fourth-order valence-corrected chi connectivity index (χ4v) is 4.76. The van der Waals surface area contributed by atoms with Crippen molar-refractivity contribution in [2.24, 2.45) is 0 Å². The number of morpholine rings is 1. The van der Waals surface area contributed by atoms with E-state index in [-0.39, 0.29) is 11.8 Å². The molecule has 0 bridgehead atoms. The number of hydrogen-bond acceptors (Lipinski definition) is 4. The number of rotatable bonds is 5. The summed E-state index contributed by atoms with van der Waals surface area (Å²) in [6.07, 6.45) is 1.74. The van der Waals surface area contributed by atoms with Gasteiger partial charge in [0.2, 0.25) is 0 Å². The van der Waals surface area contributed by atoms with Gasteiger partial charge in [-0.15, -0.1) is 11.3 Å². The molecule has 0 spiro atoms. The summed E-state index contributed by atoms with van der Waals surface area (Å²) < 4.78 is 5.57. The highest BCUT2D eigenvalue weighted by atomic mass is 32.1. The van der Waals surface area contributed by atoms with Crippen LogP contribution in [-0.2, 0) is 4.74 Å². The third-order valence-corrected chi connectivity index (χ3v) is 5.51. The molecule has 0 N–H and O–H groups in total. The van der Waals surface area contributed by atoms with Gasteiger partial charge < -0.3 is 4.74 Å². The minimum atomic E-state index is -1.14. The maximum absolute atomic E-state index is 12.2. The van der Waals surface area contributed by atoms with E-state index in [2.05, 4.69) is 24.5 Å². The summed E-state index contributed by atoms with van der Waals surface area (Å²) in [6, 6.07) is 4.12. The summed E-state index contributed by atoms with van der Waals surface area (Å²) in [4.78, 5) is 15.6. The molecule has 1 fully saturated rings. The molecular weight excluding hydrogens is 274 g/mol. The summed E-state index contributed by atoms with van der Waals surface area (Å²) in [5.74, 6) is 0.256. The van der Waals surface area contributed by atoms with Crippen LogP contribution in [0.25, 0.3) is 0 Å². The molecule has 2 heterocycles. The predicted octanol–water partition coefficient (Wildman–Crippen LogP) is 2.90. The first-order chi connectivity index (χ1) is 8.96. The smallest absolute Gasteiger partial charge is 0.174 e. The Morgan fingerprint density at radius 2 is 2.32 bits per heavy atom. The van der Waals surface area contributed by atoms with Gasteiger partial charge in [-0.1, -0.05) is 25.7 Å². The van der Waals surface area contributed by atoms with Crippen LogP contribution in [0.3, 0.4) is 0 Å². The topological polar surface area (TPSA) is 29.5 Å². The molecule has 0 aromatic carbocycles. The number of carbonyl (C=O) groups excluding carboxylic acids is 1. The first kappa shape index (κ1) is 14.9. The standard InChI is InChI=1S/C14H23NO2SSi/c1-19(2,3)11-15-6-7-17-10-12(15)9-13(16)14-5-4-8-18-14/h4-5,8,12H,6-7,9-11H2,1-3H3. The van der Waals surface area contributed by atoms with Gasteiger partial charge >= 0.3 is 0 Å². The third-order valence-electron chi connectivity index (χ3n) is 3.24. The Bertz CT molecular complexity index is 414. The summed E-state index contributed by atoms with van der Waals surface area (Å²) in [5, 5.41) is 1.96. The quantitative estimate of drug-likeness (QED) is 0.618. The van der Waals surface area contributed by atoms with Crippen molar-refractivity contribution in [3.05, 3.63) is 22.4 Å². The second-order valence-corrected chi connectivity index (χ2v) is 12.7. The highest BCUT2D eigenvalue weighted by Crippen LogP contribution is 2.18. The molecule has 1 aromatic rings. The van der Waals surface area contributed by atoms with Gasteiger partial charge in [0.15, 0.2) is 5.78 Å². The molecule has 19 heavy (non-hydrogen) atoms. The van der Waals surface area contributed by atoms with Crippen molar-refractivity contribution in [1.29, 1.82) is 0 Å². The molecule has 5 heteroatoms. The van der Waals surface area contributed by atoms with Crippen molar-refractivity contribution < 1.29 is 9.53 Å². The van der Waals surface area contributed by atoms with Crippen LogP contribution >= 0.6 is 11.3 Å². The summed E-state index contributed by atoms with van der Waals surface area (Å²) in [5.41, 5.74) is 0. The van der Waals surface area contributed by atoms with Crippen molar-refractivity contribution in [3.63, 3.8) is 0 Å². The molecule has 0 radical (unpaired) electrons. The fourth-order valence-electron chi connectivity index (χ4n) is 2.45. The zero-order chi connectivity index (χ0) is 13.9. The lowest BCUT2D eigenvalue weighted by Gasteiger charge is -2.38. The number of carbonyl (C=O) groups is 1. The molecule has 0 aliphatic carbocycles. The zero-order valence-electron chi connectivity index (χ0n) is 12.0. The van der Waals surface area contributed by atoms with Gasteiger partial charge in [0.1, 0.15) is 0 Å². The van der Waals surface area contributed by atoms with Crippen molar-refractivity contribution >= 4 is 25.2 Å². The number of ether oxygens (including phenoxy) is 1. The second kappa shape index (κ2) is 6.30. The molecule has 1 atom stereocenters. The van der Waals surface area contributed by atoms with Gasteiger partial charge in [-0.25, -0.2) is 0 Å². The number of Topliss-reactive ketones (excluding diaryl/α,β-unsaturated/α-hetero) is 1. The molecule has 106 valence electrons. The van der Waals surface area contributed by atoms with E-state index in [0.29, 0.717) is 13.0 Å². The molecule has 2 rings (SSSR count). The lowest BCUT2D eigenvalue weighted by molar-refractivity contribution is -0.000734. The molecule has 0 saturated carbocycles. The van der Waals surface area contributed by atoms with Crippen LogP contribution in [-0.4, -0.2) is 50.7 Å². The highest BCUT2D eigenvalue weighted by Gasteiger charge is 2.29. The van der Waals surface area contributed by atoms with E-state index >= 15 is 0 Å². The number of ketones is 1. The van der Waals surface area contributed by atoms with Gasteiger partial charge in [0.25, 0.3) is 0 Å². The molecule has 0 amide bonds. The Balaban J connectivity index is 1.98. The highest BCUT2D eigenvalue weighted by molar-refractivity contribution is 7.12. The van der Waals surface area contributed by atoms with E-state index in [1.54, 1.807) is 0 Å². The van der Waals surface area contributed by atoms with Gasteiger partial charge in [-0.05, 0) is 17.6 Å². The number of hydrogen-bond donors (Lipinski definition) is 0. The summed E-state index contributed by atoms with van der Waals surface area (Å²) >= 11 is 1.53. The minimum Gasteiger partial charge on any atom is -0.378 e. The Labute approximate surface area is 120 Å². The average Bonchev–Trinajstić information content (AvgIpc) is 2.83. The van der Waals surface area contributed by atoms with Crippen molar-refractivity contribution in [1.82, 2.24) is 4.90 Å². The normalized spacial score (nSPS) is 21.5. The summed E-state index contributed by atoms with van der Waals surface area (Å²) in [6.45, 7) is 9.59. The van der Waals surface area contributed by atoms with Crippen molar-refractivity contribution in [2.75, 3.05) is 25.9 Å². The predicted molar refractivity (Wildman–Crippen MR) is 82.8 cm³/mol. The van der Waals surface area contributed by atoms with E-state index in [4.69, 9.17) is 4.74 Å². The van der Waals surface area contributed by atoms with Crippen LogP contribution in [0.2, 0.25) is 19.6 Å². The lowest BCUT2D eigenvalue weighted by atomic mass is 10.1. The summed E-state index contributed by atoms with van der Waals surface area (Å²) in [7, 11) is -1.14. The SMILES string of the molecule is C[Si](C)(C)CN1CCOCC1CC(=O)c1cccs1. The van der Waals surface area contributed by atoms with E-state index in [0.717, 1.165) is 24.2 Å². The Morgan fingerprint density at radius 3 is 2.95 bits per heavy atom. The van der Waals surface area contributed by atoms with E-state index in [9.17, 15) is 4.79 Å². The van der Waals surface area contributed by atoms with Gasteiger partial charge in [0, 0.05) is 19.0 Å². The van der Waals surface area contributed by atoms with Gasteiger partial charge in [-0.3, -0.25) is 9.69 Å². The van der Waals surface area contributed by atoms with E-state index < -0.39 is 8.07 Å². The van der Waals surface area contributed by atoms with Crippen LogP contribution in [0.5, 0.6) is 0 Å². The fraction of sp³-hybridized carbons (Fsp3) is 0.643. The average molecular weight is 297 g/mol. The molecule has 3 nitrogen and oxygen atoms in total.